The Hall–Kier alpha value is -2.53. The van der Waals surface area contributed by atoms with Gasteiger partial charge in [-0.25, -0.2) is 0 Å². The van der Waals surface area contributed by atoms with E-state index in [0.29, 0.717) is 30.3 Å². The Labute approximate surface area is 178 Å². The monoisotopic (exact) mass is 416 g/mol. The van der Waals surface area contributed by atoms with E-state index in [2.05, 4.69) is 5.32 Å². The number of nitrogens with one attached hydrogen (secondary N) is 1. The highest BCUT2D eigenvalue weighted by molar-refractivity contribution is 6.32. The van der Waals surface area contributed by atoms with Crippen LogP contribution in [-0.4, -0.2) is 42.5 Å². The van der Waals surface area contributed by atoms with E-state index in [1.165, 1.54) is 0 Å². The van der Waals surface area contributed by atoms with Gasteiger partial charge in [0.25, 0.3) is 5.91 Å². The summed E-state index contributed by atoms with van der Waals surface area (Å²) in [5.74, 6) is 0.184. The van der Waals surface area contributed by atoms with Crippen molar-refractivity contribution in [3.63, 3.8) is 0 Å². The molecule has 0 saturated carbocycles. The molecule has 0 saturated heterocycles. The Kier molecular flexibility index (Phi) is 8.52. The Morgan fingerprint density at radius 2 is 1.76 bits per heavy atom. The van der Waals surface area contributed by atoms with Gasteiger partial charge in [-0.05, 0) is 62.9 Å². The van der Waals surface area contributed by atoms with Crippen LogP contribution in [0.1, 0.15) is 30.5 Å². The Bertz CT molecular complexity index is 816. The molecule has 6 heteroatoms. The minimum atomic E-state index is -0.580. The molecule has 0 aliphatic heterocycles. The lowest BCUT2D eigenvalue weighted by atomic mass is 10.1. The van der Waals surface area contributed by atoms with Crippen LogP contribution in [0, 0.1) is 13.8 Å². The third-order valence-corrected chi connectivity index (χ3v) is 5.37. The van der Waals surface area contributed by atoms with E-state index in [1.54, 1.807) is 11.8 Å². The summed E-state index contributed by atoms with van der Waals surface area (Å²) in [6.45, 7) is 8.20. The maximum absolute atomic E-state index is 12.9. The molecule has 0 aliphatic carbocycles. The molecule has 2 aromatic rings. The molecule has 5 nitrogen and oxygen atoms in total. The first kappa shape index (κ1) is 22.8. The smallest absolute Gasteiger partial charge is 0.261 e. The number of aryl methyl sites for hydroxylation is 2. The molecule has 0 radical (unpaired) electrons. The van der Waals surface area contributed by atoms with Gasteiger partial charge in [0.2, 0.25) is 5.91 Å². The predicted molar refractivity (Wildman–Crippen MR) is 116 cm³/mol. The van der Waals surface area contributed by atoms with Crippen LogP contribution < -0.4 is 10.1 Å². The number of halogens is 1. The number of nitrogens with zero attached hydrogens (tertiary/aromatic N) is 1. The highest BCUT2D eigenvalue weighted by Crippen LogP contribution is 2.25. The van der Waals surface area contributed by atoms with Crippen LogP contribution in [0.4, 0.5) is 0 Å². The molecule has 0 heterocycles. The first-order valence-electron chi connectivity index (χ1n) is 9.84. The molecule has 0 aliphatic rings. The van der Waals surface area contributed by atoms with Crippen LogP contribution >= 0.6 is 11.6 Å². The summed E-state index contributed by atoms with van der Waals surface area (Å²) in [7, 11) is 0. The second-order valence-electron chi connectivity index (χ2n) is 7.05. The summed E-state index contributed by atoms with van der Waals surface area (Å²) in [5.41, 5.74) is 2.90. The fourth-order valence-corrected chi connectivity index (χ4v) is 3.22. The normalized spacial score (nSPS) is 11.6. The number of amides is 2. The quantitative estimate of drug-likeness (QED) is 0.673. The predicted octanol–water partition coefficient (Wildman–Crippen LogP) is 3.93. The second-order valence-corrected chi connectivity index (χ2v) is 7.43. The third kappa shape index (κ3) is 6.50. The molecule has 0 bridgehead atoms. The summed E-state index contributed by atoms with van der Waals surface area (Å²) in [6, 6.07) is 12.9. The van der Waals surface area contributed by atoms with Crippen molar-refractivity contribution in [1.29, 1.82) is 0 Å². The van der Waals surface area contributed by atoms with E-state index in [-0.39, 0.29) is 18.4 Å². The summed E-state index contributed by atoms with van der Waals surface area (Å²) in [5, 5.41) is 3.48. The fourth-order valence-electron chi connectivity index (χ4n) is 3.11. The zero-order valence-electron chi connectivity index (χ0n) is 17.5. The largest absolute Gasteiger partial charge is 0.484 e. The summed E-state index contributed by atoms with van der Waals surface area (Å²) in [6.07, 6.45) is 0.662. The molecule has 2 rings (SSSR count). The van der Waals surface area contributed by atoms with Gasteiger partial charge in [0.1, 0.15) is 11.8 Å². The van der Waals surface area contributed by atoms with Gasteiger partial charge in [-0.2, -0.15) is 0 Å². The van der Waals surface area contributed by atoms with Crippen LogP contribution in [0.25, 0.3) is 0 Å². The third-order valence-electron chi connectivity index (χ3n) is 4.77. The van der Waals surface area contributed by atoms with Crippen LogP contribution in [0.15, 0.2) is 42.5 Å². The summed E-state index contributed by atoms with van der Waals surface area (Å²) >= 11 is 6.19. The topological polar surface area (TPSA) is 58.6 Å². The molecule has 29 heavy (non-hydrogen) atoms. The SMILES string of the molecule is CCNC(=O)[C@H](C)N(CCc1ccccc1)C(=O)COc1cc(C)c(Cl)c(C)c1. The Morgan fingerprint density at radius 1 is 1.14 bits per heavy atom. The molecule has 2 amide bonds. The first-order chi connectivity index (χ1) is 13.8. The molecule has 0 spiro atoms. The molecular weight excluding hydrogens is 388 g/mol. The van der Waals surface area contributed by atoms with Gasteiger partial charge in [0.15, 0.2) is 6.61 Å². The molecule has 1 N–H and O–H groups in total. The highest BCUT2D eigenvalue weighted by atomic mass is 35.5. The van der Waals surface area contributed by atoms with E-state index in [1.807, 2.05) is 63.2 Å². The van der Waals surface area contributed by atoms with Crippen LogP contribution in [-0.2, 0) is 16.0 Å². The number of hydrogen-bond acceptors (Lipinski definition) is 3. The lowest BCUT2D eigenvalue weighted by molar-refractivity contribution is -0.141. The number of hydrogen-bond donors (Lipinski definition) is 1. The molecule has 2 aromatic carbocycles. The molecular formula is C23H29ClN2O3. The Balaban J connectivity index is 2.09. The summed E-state index contributed by atoms with van der Waals surface area (Å²) in [4.78, 5) is 26.8. The van der Waals surface area contributed by atoms with E-state index in [0.717, 1.165) is 16.7 Å². The fraction of sp³-hybridized carbons (Fsp3) is 0.391. The van der Waals surface area contributed by atoms with Crippen molar-refractivity contribution in [3.05, 3.63) is 64.2 Å². The van der Waals surface area contributed by atoms with Gasteiger partial charge in [-0.3, -0.25) is 9.59 Å². The van der Waals surface area contributed by atoms with Crippen molar-refractivity contribution in [2.75, 3.05) is 19.7 Å². The van der Waals surface area contributed by atoms with Crippen molar-refractivity contribution in [2.24, 2.45) is 0 Å². The van der Waals surface area contributed by atoms with E-state index in [4.69, 9.17) is 16.3 Å². The minimum Gasteiger partial charge on any atom is -0.484 e. The van der Waals surface area contributed by atoms with E-state index >= 15 is 0 Å². The van der Waals surface area contributed by atoms with Gasteiger partial charge < -0.3 is 15.0 Å². The van der Waals surface area contributed by atoms with Crippen molar-refractivity contribution in [3.8, 4) is 5.75 Å². The first-order valence-corrected chi connectivity index (χ1v) is 10.2. The maximum Gasteiger partial charge on any atom is 0.261 e. The van der Waals surface area contributed by atoms with Crippen LogP contribution in [0.5, 0.6) is 5.75 Å². The van der Waals surface area contributed by atoms with Gasteiger partial charge in [-0.1, -0.05) is 41.9 Å². The summed E-state index contributed by atoms with van der Waals surface area (Å²) < 4.78 is 5.73. The second kappa shape index (κ2) is 10.9. The zero-order valence-corrected chi connectivity index (χ0v) is 18.3. The molecule has 0 unspecified atom stereocenters. The average molecular weight is 417 g/mol. The number of carbonyl (C=O) groups is 2. The standard InChI is InChI=1S/C23H29ClN2O3/c1-5-25-23(28)18(4)26(12-11-19-9-7-6-8-10-19)21(27)15-29-20-13-16(2)22(24)17(3)14-20/h6-10,13-14,18H,5,11-12,15H2,1-4H3,(H,25,28)/t18-/m0/s1. The van der Waals surface area contributed by atoms with Crippen LogP contribution in [0.2, 0.25) is 5.02 Å². The van der Waals surface area contributed by atoms with E-state index in [9.17, 15) is 9.59 Å². The van der Waals surface area contributed by atoms with Crippen molar-refractivity contribution < 1.29 is 14.3 Å². The lowest BCUT2D eigenvalue weighted by Gasteiger charge is -2.28. The van der Waals surface area contributed by atoms with E-state index < -0.39 is 6.04 Å². The molecule has 156 valence electrons. The van der Waals surface area contributed by atoms with Gasteiger partial charge in [0, 0.05) is 18.1 Å². The highest BCUT2D eigenvalue weighted by Gasteiger charge is 2.25. The van der Waals surface area contributed by atoms with Gasteiger partial charge >= 0.3 is 0 Å². The average Bonchev–Trinajstić information content (AvgIpc) is 2.71. The van der Waals surface area contributed by atoms with Gasteiger partial charge in [-0.15, -0.1) is 0 Å². The van der Waals surface area contributed by atoms with Gasteiger partial charge in [0.05, 0.1) is 0 Å². The lowest BCUT2D eigenvalue weighted by Crippen LogP contribution is -2.50. The Morgan fingerprint density at radius 3 is 2.34 bits per heavy atom. The zero-order chi connectivity index (χ0) is 21.4. The molecule has 0 fully saturated rings. The number of ether oxygens (including phenoxy) is 1. The number of rotatable bonds is 9. The molecule has 0 aromatic heterocycles. The number of likely N-dealkylation sites (N-methyl/N-ethyl adjacent to an activating group) is 1. The number of carbonyl (C=O) groups excluding carboxylic acids is 2. The molecule has 1 atom stereocenters. The van der Waals surface area contributed by atoms with Crippen LogP contribution in [0.3, 0.4) is 0 Å². The minimum absolute atomic E-state index is 0.140. The maximum atomic E-state index is 12.9. The van der Waals surface area contributed by atoms with Crippen molar-refractivity contribution in [2.45, 2.75) is 40.2 Å². The van der Waals surface area contributed by atoms with Crippen molar-refractivity contribution >= 4 is 23.4 Å². The number of benzene rings is 2. The van der Waals surface area contributed by atoms with Crippen molar-refractivity contribution in [1.82, 2.24) is 10.2 Å².